The van der Waals surface area contributed by atoms with E-state index in [9.17, 15) is 13.2 Å². The van der Waals surface area contributed by atoms with Crippen molar-refractivity contribution in [1.29, 1.82) is 0 Å². The van der Waals surface area contributed by atoms with E-state index in [0.29, 0.717) is 13.1 Å². The van der Waals surface area contributed by atoms with Crippen LogP contribution in [0.1, 0.15) is 17.5 Å². The third-order valence-corrected chi connectivity index (χ3v) is 4.49. The normalized spacial score (nSPS) is 20.0. The molecular formula is C12H17N3O3S. The van der Waals surface area contributed by atoms with Gasteiger partial charge >= 0.3 is 0 Å². The van der Waals surface area contributed by atoms with Crippen LogP contribution in [0.2, 0.25) is 0 Å². The van der Waals surface area contributed by atoms with Gasteiger partial charge in [0.25, 0.3) is 0 Å². The zero-order valence-corrected chi connectivity index (χ0v) is 11.3. The van der Waals surface area contributed by atoms with Gasteiger partial charge in [0.1, 0.15) is 5.25 Å². The third-order valence-electron chi connectivity index (χ3n) is 3.24. The lowest BCUT2D eigenvalue weighted by molar-refractivity contribution is -0.128. The summed E-state index contributed by atoms with van der Waals surface area (Å²) < 4.78 is 22.5. The van der Waals surface area contributed by atoms with Crippen LogP contribution in [0.15, 0.2) is 24.3 Å². The second-order valence-electron chi connectivity index (χ2n) is 4.71. The summed E-state index contributed by atoms with van der Waals surface area (Å²) >= 11 is 0. The average molecular weight is 283 g/mol. The highest BCUT2D eigenvalue weighted by molar-refractivity contribution is 7.89. The number of sulfonamides is 1. The Bertz CT molecular complexity index is 586. The Morgan fingerprint density at radius 3 is 2.58 bits per heavy atom. The first-order chi connectivity index (χ1) is 8.90. The molecule has 1 aliphatic heterocycles. The number of nitrogens with two attached hydrogens (primary N) is 2. The molecule has 7 heteroatoms. The van der Waals surface area contributed by atoms with Gasteiger partial charge in [-0.3, -0.25) is 4.79 Å². The van der Waals surface area contributed by atoms with Crippen LogP contribution in [0.5, 0.6) is 0 Å². The van der Waals surface area contributed by atoms with Crippen LogP contribution in [-0.4, -0.2) is 31.0 Å². The Labute approximate surface area is 112 Å². The molecule has 0 aromatic heterocycles. The summed E-state index contributed by atoms with van der Waals surface area (Å²) in [5.74, 6) is -0.183. The lowest BCUT2D eigenvalue weighted by Crippen LogP contribution is -2.31. The highest BCUT2D eigenvalue weighted by Crippen LogP contribution is 2.19. The summed E-state index contributed by atoms with van der Waals surface area (Å²) in [6.45, 7) is 0.977. The molecule has 1 saturated heterocycles. The Kier molecular flexibility index (Phi) is 3.88. The number of likely N-dealkylation sites (tertiary alicyclic amines) is 1. The van der Waals surface area contributed by atoms with Crippen molar-refractivity contribution in [2.24, 2.45) is 10.9 Å². The van der Waals surface area contributed by atoms with E-state index in [1.165, 1.54) is 4.90 Å². The summed E-state index contributed by atoms with van der Waals surface area (Å²) in [5.41, 5.74) is 7.47. The first-order valence-corrected chi connectivity index (χ1v) is 7.58. The summed E-state index contributed by atoms with van der Waals surface area (Å²) in [4.78, 5) is 13.3. The van der Waals surface area contributed by atoms with E-state index in [1.54, 1.807) is 0 Å². The van der Waals surface area contributed by atoms with E-state index >= 15 is 0 Å². The van der Waals surface area contributed by atoms with Gasteiger partial charge in [0.05, 0.1) is 0 Å². The fourth-order valence-electron chi connectivity index (χ4n) is 2.18. The topological polar surface area (TPSA) is 106 Å². The van der Waals surface area contributed by atoms with Gasteiger partial charge in [0.15, 0.2) is 0 Å². The van der Waals surface area contributed by atoms with E-state index in [4.69, 9.17) is 10.9 Å². The number of rotatable bonds is 4. The molecule has 1 aromatic rings. The second-order valence-corrected chi connectivity index (χ2v) is 6.56. The van der Waals surface area contributed by atoms with Crippen LogP contribution >= 0.6 is 0 Å². The minimum Gasteiger partial charge on any atom is -0.337 e. The number of nitrogens with zero attached hydrogens (tertiary/aromatic N) is 1. The Morgan fingerprint density at radius 2 is 2.00 bits per heavy atom. The van der Waals surface area contributed by atoms with Crippen molar-refractivity contribution in [3.8, 4) is 0 Å². The molecule has 0 radical (unpaired) electrons. The molecule has 104 valence electrons. The lowest BCUT2D eigenvalue weighted by atomic mass is 10.1. The van der Waals surface area contributed by atoms with Gasteiger partial charge in [-0.05, 0) is 11.1 Å². The highest BCUT2D eigenvalue weighted by Gasteiger charge is 2.36. The molecular weight excluding hydrogens is 266 g/mol. The number of carbonyl (C=O) groups excluding carboxylic acids is 1. The number of primary sulfonamides is 1. The fourth-order valence-corrected chi connectivity index (χ4v) is 2.95. The first-order valence-electron chi connectivity index (χ1n) is 5.97. The minimum absolute atomic E-state index is 0.0323. The van der Waals surface area contributed by atoms with E-state index in [1.807, 2.05) is 24.3 Å². The van der Waals surface area contributed by atoms with Crippen molar-refractivity contribution in [2.45, 2.75) is 24.8 Å². The molecule has 0 aliphatic carbocycles. The average Bonchev–Trinajstić information content (AvgIpc) is 2.71. The molecule has 4 N–H and O–H groups in total. The molecule has 0 bridgehead atoms. The molecule has 19 heavy (non-hydrogen) atoms. The first kappa shape index (κ1) is 14.0. The van der Waals surface area contributed by atoms with E-state index in [2.05, 4.69) is 0 Å². The number of hydrogen-bond donors (Lipinski definition) is 2. The largest absolute Gasteiger partial charge is 0.337 e. The molecule has 0 spiro atoms. The third kappa shape index (κ3) is 3.31. The molecule has 1 unspecified atom stereocenters. The molecule has 1 aliphatic rings. The maximum Gasteiger partial charge on any atom is 0.224 e. The van der Waals surface area contributed by atoms with Crippen molar-refractivity contribution in [3.63, 3.8) is 0 Å². The number of hydrogen-bond acceptors (Lipinski definition) is 4. The smallest absolute Gasteiger partial charge is 0.224 e. The Hall–Kier alpha value is -1.44. The van der Waals surface area contributed by atoms with Crippen molar-refractivity contribution in [2.75, 3.05) is 6.54 Å². The summed E-state index contributed by atoms with van der Waals surface area (Å²) in [7, 11) is -3.66. The number of amides is 1. The SMILES string of the molecule is NCc1cccc(CN2CC(S(N)(=O)=O)CC2=O)c1. The van der Waals surface area contributed by atoms with Gasteiger partial charge in [0, 0.05) is 26.1 Å². The van der Waals surface area contributed by atoms with Gasteiger partial charge in [0.2, 0.25) is 15.9 Å². The van der Waals surface area contributed by atoms with Gasteiger partial charge < -0.3 is 10.6 Å². The Balaban J connectivity index is 2.09. The van der Waals surface area contributed by atoms with Crippen LogP contribution < -0.4 is 10.9 Å². The zero-order chi connectivity index (χ0) is 14.0. The molecule has 1 atom stereocenters. The van der Waals surface area contributed by atoms with Gasteiger partial charge in [-0.15, -0.1) is 0 Å². The monoisotopic (exact) mass is 283 g/mol. The van der Waals surface area contributed by atoms with Crippen LogP contribution in [-0.2, 0) is 27.9 Å². The van der Waals surface area contributed by atoms with Crippen molar-refractivity contribution >= 4 is 15.9 Å². The molecule has 6 nitrogen and oxygen atoms in total. The Morgan fingerprint density at radius 1 is 1.32 bits per heavy atom. The van der Waals surface area contributed by atoms with E-state index in [-0.39, 0.29) is 18.9 Å². The van der Waals surface area contributed by atoms with Crippen molar-refractivity contribution in [3.05, 3.63) is 35.4 Å². The summed E-state index contributed by atoms with van der Waals surface area (Å²) in [6, 6.07) is 7.58. The van der Waals surface area contributed by atoms with Crippen molar-refractivity contribution in [1.82, 2.24) is 4.90 Å². The van der Waals surface area contributed by atoms with Crippen LogP contribution in [0.3, 0.4) is 0 Å². The number of carbonyl (C=O) groups is 1. The summed E-state index contributed by atoms with van der Waals surface area (Å²) in [5, 5.41) is 4.29. The zero-order valence-electron chi connectivity index (χ0n) is 10.5. The predicted octanol–water partition coefficient (Wildman–Crippen LogP) is -0.465. The molecule has 2 rings (SSSR count). The maximum atomic E-state index is 11.8. The molecule has 1 amide bonds. The maximum absolute atomic E-state index is 11.8. The van der Waals surface area contributed by atoms with Crippen LogP contribution in [0.4, 0.5) is 0 Å². The van der Waals surface area contributed by atoms with Crippen molar-refractivity contribution < 1.29 is 13.2 Å². The van der Waals surface area contributed by atoms with Gasteiger partial charge in [-0.1, -0.05) is 24.3 Å². The molecule has 1 aromatic carbocycles. The second kappa shape index (κ2) is 5.28. The molecule has 1 fully saturated rings. The lowest BCUT2D eigenvalue weighted by Gasteiger charge is -2.16. The fraction of sp³-hybridized carbons (Fsp3) is 0.417. The predicted molar refractivity (Wildman–Crippen MR) is 71.3 cm³/mol. The van der Waals surface area contributed by atoms with E-state index < -0.39 is 15.3 Å². The van der Waals surface area contributed by atoms with Crippen LogP contribution in [0, 0.1) is 0 Å². The summed E-state index contributed by atoms with van der Waals surface area (Å²) in [6.07, 6.45) is -0.0323. The van der Waals surface area contributed by atoms with Crippen LogP contribution in [0.25, 0.3) is 0 Å². The molecule has 0 saturated carbocycles. The molecule has 1 heterocycles. The minimum atomic E-state index is -3.66. The quantitative estimate of drug-likeness (QED) is 0.779. The highest BCUT2D eigenvalue weighted by atomic mass is 32.2. The van der Waals surface area contributed by atoms with Gasteiger partial charge in [-0.2, -0.15) is 0 Å². The standard InChI is InChI=1S/C12H17N3O3S/c13-6-9-2-1-3-10(4-9)7-15-8-11(5-12(15)16)19(14,17)18/h1-4,11H,5-8,13H2,(H2,14,17,18). The van der Waals surface area contributed by atoms with Gasteiger partial charge in [-0.25, -0.2) is 13.6 Å². The van der Waals surface area contributed by atoms with E-state index in [0.717, 1.165) is 11.1 Å². The number of benzene rings is 1.